The number of hydrogen-bond acceptors (Lipinski definition) is 4. The number of hydrogen-bond donors (Lipinski definition) is 1. The Kier molecular flexibility index (Phi) is 5.84. The molecule has 0 aliphatic carbocycles. The predicted molar refractivity (Wildman–Crippen MR) is 86.8 cm³/mol. The van der Waals surface area contributed by atoms with Crippen molar-refractivity contribution < 1.29 is 13.9 Å². The molecule has 0 atom stereocenters. The summed E-state index contributed by atoms with van der Waals surface area (Å²) in [6.07, 6.45) is 1.38. The molecule has 1 aromatic heterocycles. The van der Waals surface area contributed by atoms with Gasteiger partial charge < -0.3 is 9.15 Å². The highest BCUT2D eigenvalue weighted by Gasteiger charge is 2.04. The van der Waals surface area contributed by atoms with Crippen molar-refractivity contribution in [2.24, 2.45) is 5.10 Å². The summed E-state index contributed by atoms with van der Waals surface area (Å²) in [6.45, 7) is -0.148. The second-order valence-electron chi connectivity index (χ2n) is 3.81. The van der Waals surface area contributed by atoms with Crippen molar-refractivity contribution in [1.82, 2.24) is 5.43 Å². The van der Waals surface area contributed by atoms with E-state index in [-0.39, 0.29) is 12.5 Å². The Labute approximate surface area is 142 Å². The molecular formula is C13H9Br2ClN2O3. The Hall–Kier alpha value is -1.31. The summed E-state index contributed by atoms with van der Waals surface area (Å²) in [5, 5.41) is 4.37. The number of carbonyl (C=O) groups is 1. The zero-order valence-electron chi connectivity index (χ0n) is 10.5. The third kappa shape index (κ3) is 5.18. The largest absolute Gasteiger partial charge is 0.484 e. The first-order chi connectivity index (χ1) is 10.0. The molecule has 0 aliphatic rings. The summed E-state index contributed by atoms with van der Waals surface area (Å²) >= 11 is 12.2. The molecule has 0 fully saturated rings. The van der Waals surface area contributed by atoms with Crippen LogP contribution in [-0.4, -0.2) is 18.7 Å². The molecule has 0 aliphatic heterocycles. The van der Waals surface area contributed by atoms with Gasteiger partial charge in [0.1, 0.15) is 11.5 Å². The Bertz CT molecular complexity index is 636. The average Bonchev–Trinajstić information content (AvgIpc) is 2.77. The molecule has 1 heterocycles. The van der Waals surface area contributed by atoms with Crippen molar-refractivity contribution in [2.45, 2.75) is 0 Å². The van der Waals surface area contributed by atoms with E-state index in [2.05, 4.69) is 42.4 Å². The molecule has 5 nitrogen and oxygen atoms in total. The van der Waals surface area contributed by atoms with Crippen LogP contribution >= 0.6 is 43.5 Å². The van der Waals surface area contributed by atoms with E-state index in [1.165, 1.54) is 6.21 Å². The molecule has 1 N–H and O–H groups in total. The third-order valence-corrected chi connectivity index (χ3v) is 4.19. The number of carbonyl (C=O) groups excluding carboxylic acids is 1. The number of ether oxygens (including phenoxy) is 1. The third-order valence-electron chi connectivity index (χ3n) is 2.23. The maximum Gasteiger partial charge on any atom is 0.277 e. The Morgan fingerprint density at radius 1 is 1.38 bits per heavy atom. The van der Waals surface area contributed by atoms with E-state index in [4.69, 9.17) is 20.8 Å². The van der Waals surface area contributed by atoms with Crippen molar-refractivity contribution in [1.29, 1.82) is 0 Å². The van der Waals surface area contributed by atoms with Crippen LogP contribution in [-0.2, 0) is 4.79 Å². The van der Waals surface area contributed by atoms with E-state index < -0.39 is 0 Å². The summed E-state index contributed by atoms with van der Waals surface area (Å²) in [6, 6.07) is 8.43. The lowest BCUT2D eigenvalue weighted by Crippen LogP contribution is -2.24. The van der Waals surface area contributed by atoms with Gasteiger partial charge in [0.2, 0.25) is 0 Å². The van der Waals surface area contributed by atoms with E-state index in [1.807, 2.05) is 0 Å². The molecule has 2 aromatic rings. The van der Waals surface area contributed by atoms with Crippen molar-refractivity contribution in [3.05, 3.63) is 50.3 Å². The highest BCUT2D eigenvalue weighted by molar-refractivity contribution is 9.13. The van der Waals surface area contributed by atoms with Gasteiger partial charge in [-0.05, 0) is 56.1 Å². The lowest BCUT2D eigenvalue weighted by Gasteiger charge is -2.04. The molecular weight excluding hydrogens is 427 g/mol. The van der Waals surface area contributed by atoms with Crippen LogP contribution in [0.3, 0.4) is 0 Å². The smallest absolute Gasteiger partial charge is 0.277 e. The normalized spacial score (nSPS) is 10.8. The molecule has 0 spiro atoms. The topological polar surface area (TPSA) is 63.8 Å². The van der Waals surface area contributed by atoms with Gasteiger partial charge in [0.05, 0.1) is 10.7 Å². The zero-order chi connectivity index (χ0) is 15.2. The van der Waals surface area contributed by atoms with Gasteiger partial charge in [-0.2, -0.15) is 5.10 Å². The Balaban J connectivity index is 1.78. The van der Waals surface area contributed by atoms with Crippen LogP contribution in [0.25, 0.3) is 0 Å². The van der Waals surface area contributed by atoms with E-state index in [0.717, 1.165) is 4.47 Å². The minimum absolute atomic E-state index is 0.148. The van der Waals surface area contributed by atoms with E-state index in [9.17, 15) is 4.79 Å². The number of halogens is 3. The fourth-order valence-electron chi connectivity index (χ4n) is 1.31. The number of amides is 1. The maximum absolute atomic E-state index is 11.5. The van der Waals surface area contributed by atoms with Crippen molar-refractivity contribution >= 4 is 55.6 Å². The molecule has 8 heteroatoms. The first-order valence-corrected chi connectivity index (χ1v) is 7.66. The second kappa shape index (κ2) is 7.63. The van der Waals surface area contributed by atoms with Gasteiger partial charge in [0.25, 0.3) is 5.91 Å². The molecule has 1 aromatic carbocycles. The number of nitrogens with one attached hydrogen (secondary N) is 1. The lowest BCUT2D eigenvalue weighted by molar-refractivity contribution is -0.123. The molecule has 0 unspecified atom stereocenters. The number of nitrogens with zero attached hydrogens (tertiary/aromatic N) is 1. The second-order valence-corrected chi connectivity index (χ2v) is 5.82. The maximum atomic E-state index is 11.5. The van der Waals surface area contributed by atoms with E-state index in [1.54, 1.807) is 30.3 Å². The van der Waals surface area contributed by atoms with Crippen molar-refractivity contribution in [3.8, 4) is 5.75 Å². The Morgan fingerprint density at radius 3 is 2.71 bits per heavy atom. The molecule has 0 radical (unpaired) electrons. The summed E-state index contributed by atoms with van der Waals surface area (Å²) in [5.41, 5.74) is 2.33. The van der Waals surface area contributed by atoms with Gasteiger partial charge >= 0.3 is 0 Å². The lowest BCUT2D eigenvalue weighted by atomic mass is 10.3. The van der Waals surface area contributed by atoms with Gasteiger partial charge in [0.15, 0.2) is 11.3 Å². The first kappa shape index (κ1) is 16.1. The number of hydrazone groups is 1. The SMILES string of the molecule is O=C(COc1ccc(Cl)cc1)N/N=C/c1cc(Br)c(Br)o1. The van der Waals surface area contributed by atoms with Crippen LogP contribution in [0.2, 0.25) is 5.02 Å². The highest BCUT2D eigenvalue weighted by atomic mass is 79.9. The predicted octanol–water partition coefficient (Wildman–Crippen LogP) is 3.99. The van der Waals surface area contributed by atoms with E-state index >= 15 is 0 Å². The number of rotatable bonds is 5. The molecule has 0 bridgehead atoms. The fraction of sp³-hybridized carbons (Fsp3) is 0.0769. The van der Waals surface area contributed by atoms with Gasteiger partial charge in [0, 0.05) is 11.1 Å². The minimum Gasteiger partial charge on any atom is -0.484 e. The van der Waals surface area contributed by atoms with Crippen LogP contribution in [0.1, 0.15) is 5.76 Å². The monoisotopic (exact) mass is 434 g/mol. The summed E-state index contributed by atoms with van der Waals surface area (Å²) < 4.78 is 11.8. The molecule has 110 valence electrons. The molecule has 2 rings (SSSR count). The minimum atomic E-state index is -0.383. The highest BCUT2D eigenvalue weighted by Crippen LogP contribution is 2.25. The number of benzene rings is 1. The molecule has 0 saturated heterocycles. The molecule has 0 saturated carbocycles. The number of furan rings is 1. The van der Waals surface area contributed by atoms with Crippen LogP contribution < -0.4 is 10.2 Å². The van der Waals surface area contributed by atoms with Crippen LogP contribution in [0, 0.1) is 0 Å². The van der Waals surface area contributed by atoms with Crippen LogP contribution in [0.5, 0.6) is 5.75 Å². The van der Waals surface area contributed by atoms with Crippen molar-refractivity contribution in [3.63, 3.8) is 0 Å². The molecule has 1 amide bonds. The first-order valence-electron chi connectivity index (χ1n) is 5.69. The van der Waals surface area contributed by atoms with Gasteiger partial charge in [-0.1, -0.05) is 11.6 Å². The van der Waals surface area contributed by atoms with E-state index in [0.29, 0.717) is 21.2 Å². The quantitative estimate of drug-likeness (QED) is 0.570. The van der Waals surface area contributed by atoms with Crippen LogP contribution in [0.15, 0.2) is 49.0 Å². The summed E-state index contributed by atoms with van der Waals surface area (Å²) in [4.78, 5) is 11.5. The van der Waals surface area contributed by atoms with Gasteiger partial charge in [-0.25, -0.2) is 5.43 Å². The summed E-state index contributed by atoms with van der Waals surface area (Å²) in [5.74, 6) is 0.663. The van der Waals surface area contributed by atoms with Crippen molar-refractivity contribution in [2.75, 3.05) is 6.61 Å². The standard InChI is InChI=1S/C13H9Br2ClN2O3/c14-11-5-10(21-13(11)15)6-17-18-12(19)7-20-9-3-1-8(16)2-4-9/h1-6H,7H2,(H,18,19)/b17-6+. The van der Waals surface area contributed by atoms with Crippen LogP contribution in [0.4, 0.5) is 0 Å². The fourth-order valence-corrected chi connectivity index (χ4v) is 2.04. The summed E-state index contributed by atoms with van der Waals surface area (Å²) in [7, 11) is 0. The molecule has 21 heavy (non-hydrogen) atoms. The Morgan fingerprint density at radius 2 is 2.10 bits per heavy atom. The zero-order valence-corrected chi connectivity index (χ0v) is 14.4. The van der Waals surface area contributed by atoms with Gasteiger partial charge in [-0.3, -0.25) is 4.79 Å². The average molecular weight is 436 g/mol. The van der Waals surface area contributed by atoms with Gasteiger partial charge in [-0.15, -0.1) is 0 Å².